The molecule has 0 saturated heterocycles. The van der Waals surface area contributed by atoms with Crippen molar-refractivity contribution in [3.05, 3.63) is 11.5 Å². The largest absolute Gasteiger partial charge is 0.444 e. The molecule has 16 heavy (non-hydrogen) atoms. The number of hydrogen-bond acceptors (Lipinski definition) is 4. The summed E-state index contributed by atoms with van der Waals surface area (Å²) >= 11 is 0. The fourth-order valence-corrected chi connectivity index (χ4v) is 1.33. The Balaban J connectivity index is 3.97. The summed E-state index contributed by atoms with van der Waals surface area (Å²) in [6, 6.07) is 0. The van der Waals surface area contributed by atoms with E-state index in [1.165, 1.54) is 6.08 Å². The van der Waals surface area contributed by atoms with Gasteiger partial charge in [-0.25, -0.2) is 13.2 Å². The summed E-state index contributed by atoms with van der Waals surface area (Å²) in [6.07, 6.45) is 0.814. The van der Waals surface area contributed by atoms with Crippen molar-refractivity contribution in [3.8, 4) is 0 Å². The zero-order valence-electron chi connectivity index (χ0n) is 10.1. The van der Waals surface area contributed by atoms with Crippen LogP contribution in [0, 0.1) is 0 Å². The highest BCUT2D eigenvalue weighted by molar-refractivity contribution is 7.94. The van der Waals surface area contributed by atoms with Gasteiger partial charge in [0.05, 0.1) is 5.75 Å². The van der Waals surface area contributed by atoms with Gasteiger partial charge in [-0.2, -0.15) is 0 Å². The van der Waals surface area contributed by atoms with Gasteiger partial charge in [-0.15, -0.1) is 0 Å². The van der Waals surface area contributed by atoms with Gasteiger partial charge in [-0.05, 0) is 20.8 Å². The van der Waals surface area contributed by atoms with Gasteiger partial charge in [0.25, 0.3) is 0 Å². The molecule has 0 rings (SSSR count). The highest BCUT2D eigenvalue weighted by Gasteiger charge is 2.15. The minimum atomic E-state index is -3.13. The number of amides is 1. The molecule has 0 aliphatic carbocycles. The van der Waals surface area contributed by atoms with Gasteiger partial charge in [-0.3, -0.25) is 0 Å². The van der Waals surface area contributed by atoms with E-state index in [0.29, 0.717) is 0 Å². The summed E-state index contributed by atoms with van der Waals surface area (Å²) in [7, 11) is -3.13. The molecule has 0 heterocycles. The van der Waals surface area contributed by atoms with Gasteiger partial charge in [-0.1, -0.05) is 13.0 Å². The summed E-state index contributed by atoms with van der Waals surface area (Å²) in [5.41, 5.74) is -0.552. The normalized spacial score (nSPS) is 12.8. The van der Waals surface area contributed by atoms with Crippen LogP contribution in [0.5, 0.6) is 0 Å². The lowest BCUT2D eigenvalue weighted by Crippen LogP contribution is -2.32. The minimum Gasteiger partial charge on any atom is -0.444 e. The molecule has 0 atom stereocenters. The fraction of sp³-hybridized carbons (Fsp3) is 0.700. The standard InChI is InChI=1S/C10H19NO4S/c1-5-16(13,14)8-6-7-11-9(12)15-10(2,3)4/h6,8H,5,7H2,1-4H3,(H,11,12)/b8-6+. The predicted molar refractivity (Wildman–Crippen MR) is 62.8 cm³/mol. The lowest BCUT2D eigenvalue weighted by Gasteiger charge is -2.19. The maximum atomic E-state index is 11.1. The number of rotatable bonds is 4. The van der Waals surface area contributed by atoms with Gasteiger partial charge >= 0.3 is 6.09 Å². The molecule has 0 unspecified atom stereocenters. The van der Waals surface area contributed by atoms with Crippen LogP contribution in [0.15, 0.2) is 11.5 Å². The number of alkyl carbamates (subject to hydrolysis) is 1. The number of carbonyl (C=O) groups is 1. The molecule has 1 N–H and O–H groups in total. The third kappa shape index (κ3) is 8.28. The van der Waals surface area contributed by atoms with E-state index in [-0.39, 0.29) is 12.3 Å². The highest BCUT2D eigenvalue weighted by Crippen LogP contribution is 2.06. The molecule has 0 aliphatic rings. The SMILES string of the molecule is CCS(=O)(=O)/C=C/CNC(=O)OC(C)(C)C. The molecule has 0 aromatic carbocycles. The molecule has 0 radical (unpaired) electrons. The van der Waals surface area contributed by atoms with Crippen molar-refractivity contribution in [3.63, 3.8) is 0 Å². The first-order chi connectivity index (χ1) is 7.16. The van der Waals surface area contributed by atoms with Crippen molar-refractivity contribution in [2.45, 2.75) is 33.3 Å². The fourth-order valence-electron chi connectivity index (χ4n) is 0.747. The first kappa shape index (κ1) is 15.0. The summed E-state index contributed by atoms with van der Waals surface area (Å²) < 4.78 is 27.0. The summed E-state index contributed by atoms with van der Waals surface area (Å²) in [6.45, 7) is 6.95. The Labute approximate surface area is 96.8 Å². The molecule has 0 aliphatic heterocycles. The average molecular weight is 249 g/mol. The first-order valence-electron chi connectivity index (χ1n) is 5.02. The minimum absolute atomic E-state index is 0.0515. The van der Waals surface area contributed by atoms with Gasteiger partial charge in [0, 0.05) is 12.0 Å². The van der Waals surface area contributed by atoms with Crippen LogP contribution in [-0.4, -0.2) is 32.4 Å². The highest BCUT2D eigenvalue weighted by atomic mass is 32.2. The number of nitrogens with one attached hydrogen (secondary N) is 1. The second kappa shape index (κ2) is 5.89. The molecule has 0 aromatic heterocycles. The van der Waals surface area contributed by atoms with Crippen LogP contribution in [0.1, 0.15) is 27.7 Å². The van der Waals surface area contributed by atoms with Gasteiger partial charge in [0.15, 0.2) is 9.84 Å². The Hall–Kier alpha value is -1.04. The maximum Gasteiger partial charge on any atom is 0.407 e. The van der Waals surface area contributed by atoms with E-state index in [1.807, 2.05) is 0 Å². The lowest BCUT2D eigenvalue weighted by atomic mass is 10.2. The zero-order valence-corrected chi connectivity index (χ0v) is 10.9. The van der Waals surface area contributed by atoms with E-state index in [4.69, 9.17) is 4.74 Å². The topological polar surface area (TPSA) is 72.5 Å². The monoisotopic (exact) mass is 249 g/mol. The van der Waals surface area contributed by atoms with Crippen LogP contribution in [0.25, 0.3) is 0 Å². The number of ether oxygens (including phenoxy) is 1. The average Bonchev–Trinajstić information content (AvgIpc) is 2.10. The van der Waals surface area contributed by atoms with E-state index in [2.05, 4.69) is 5.32 Å². The molecular weight excluding hydrogens is 230 g/mol. The predicted octanol–water partition coefficient (Wildman–Crippen LogP) is 1.46. The van der Waals surface area contributed by atoms with Crippen LogP contribution in [0.4, 0.5) is 4.79 Å². The summed E-state index contributed by atoms with van der Waals surface area (Å²) in [5, 5.41) is 3.51. The van der Waals surface area contributed by atoms with Crippen LogP contribution in [-0.2, 0) is 14.6 Å². The summed E-state index contributed by atoms with van der Waals surface area (Å²) in [5.74, 6) is 0.0515. The lowest BCUT2D eigenvalue weighted by molar-refractivity contribution is 0.0534. The van der Waals surface area contributed by atoms with E-state index in [1.54, 1.807) is 27.7 Å². The van der Waals surface area contributed by atoms with E-state index in [9.17, 15) is 13.2 Å². The van der Waals surface area contributed by atoms with Crippen LogP contribution < -0.4 is 5.32 Å². The third-order valence-corrected chi connectivity index (χ3v) is 2.88. The Morgan fingerprint density at radius 2 is 1.94 bits per heavy atom. The molecule has 0 bridgehead atoms. The molecule has 0 saturated carbocycles. The molecule has 6 heteroatoms. The van der Waals surface area contributed by atoms with Gasteiger partial charge in [0.1, 0.15) is 5.60 Å². The first-order valence-corrected chi connectivity index (χ1v) is 6.74. The van der Waals surface area contributed by atoms with Crippen LogP contribution >= 0.6 is 0 Å². The Morgan fingerprint density at radius 1 is 1.38 bits per heavy atom. The number of hydrogen-bond donors (Lipinski definition) is 1. The second-order valence-electron chi connectivity index (χ2n) is 4.21. The Kier molecular flexibility index (Phi) is 5.50. The maximum absolute atomic E-state index is 11.1. The van der Waals surface area contributed by atoms with Crippen LogP contribution in [0.3, 0.4) is 0 Å². The third-order valence-electron chi connectivity index (χ3n) is 1.47. The number of carbonyl (C=O) groups excluding carboxylic acids is 1. The van der Waals surface area contributed by atoms with E-state index < -0.39 is 21.5 Å². The van der Waals surface area contributed by atoms with E-state index >= 15 is 0 Å². The van der Waals surface area contributed by atoms with Crippen molar-refractivity contribution in [1.82, 2.24) is 5.32 Å². The summed E-state index contributed by atoms with van der Waals surface area (Å²) in [4.78, 5) is 11.1. The van der Waals surface area contributed by atoms with Crippen molar-refractivity contribution in [2.75, 3.05) is 12.3 Å². The number of sulfone groups is 1. The molecule has 0 spiro atoms. The van der Waals surface area contributed by atoms with Crippen molar-refractivity contribution in [1.29, 1.82) is 0 Å². The molecular formula is C10H19NO4S. The molecule has 0 fully saturated rings. The quantitative estimate of drug-likeness (QED) is 0.818. The van der Waals surface area contributed by atoms with Crippen LogP contribution in [0.2, 0.25) is 0 Å². The zero-order chi connectivity index (χ0) is 12.8. The Morgan fingerprint density at radius 3 is 2.38 bits per heavy atom. The Bertz CT molecular complexity index is 352. The molecule has 0 aromatic rings. The van der Waals surface area contributed by atoms with Gasteiger partial charge in [0.2, 0.25) is 0 Å². The van der Waals surface area contributed by atoms with Crippen molar-refractivity contribution in [2.24, 2.45) is 0 Å². The van der Waals surface area contributed by atoms with Gasteiger partial charge < -0.3 is 10.1 Å². The smallest absolute Gasteiger partial charge is 0.407 e. The van der Waals surface area contributed by atoms with Crippen molar-refractivity contribution < 1.29 is 17.9 Å². The second-order valence-corrected chi connectivity index (χ2v) is 6.38. The molecule has 5 nitrogen and oxygen atoms in total. The van der Waals surface area contributed by atoms with E-state index in [0.717, 1.165) is 5.41 Å². The molecule has 94 valence electrons. The molecule has 1 amide bonds. The van der Waals surface area contributed by atoms with Crippen molar-refractivity contribution >= 4 is 15.9 Å².